The summed E-state index contributed by atoms with van der Waals surface area (Å²) in [5, 5.41) is 8.95. The van der Waals surface area contributed by atoms with Gasteiger partial charge in [-0.05, 0) is 53.4 Å². The summed E-state index contributed by atoms with van der Waals surface area (Å²) in [6.45, 7) is 1.96. The Morgan fingerprint density at radius 3 is 2.79 bits per heavy atom. The van der Waals surface area contributed by atoms with E-state index in [1.807, 2.05) is 19.1 Å². The highest BCUT2D eigenvalue weighted by Crippen LogP contribution is 2.35. The van der Waals surface area contributed by atoms with Crippen molar-refractivity contribution in [2.24, 2.45) is 0 Å². The molecule has 1 fully saturated rings. The van der Waals surface area contributed by atoms with Gasteiger partial charge in [-0.3, -0.25) is 0 Å². The number of rotatable bonds is 2. The highest BCUT2D eigenvalue weighted by molar-refractivity contribution is 9.10. The van der Waals surface area contributed by atoms with Crippen LogP contribution in [-0.4, -0.2) is 6.10 Å². The fourth-order valence-electron chi connectivity index (χ4n) is 1.28. The molecular formula is C11H10BrNO. The molecule has 1 aliphatic rings. The van der Waals surface area contributed by atoms with E-state index in [1.165, 1.54) is 0 Å². The van der Waals surface area contributed by atoms with Crippen LogP contribution in [-0.2, 0) is 0 Å². The average molecular weight is 252 g/mol. The van der Waals surface area contributed by atoms with Gasteiger partial charge in [0.05, 0.1) is 16.1 Å². The molecular weight excluding hydrogens is 242 g/mol. The first kappa shape index (κ1) is 9.54. The molecule has 2 nitrogen and oxygen atoms in total. The van der Waals surface area contributed by atoms with Crippen LogP contribution in [0.25, 0.3) is 0 Å². The summed E-state index contributed by atoms with van der Waals surface area (Å²) in [7, 11) is 0. The van der Waals surface area contributed by atoms with E-state index in [2.05, 4.69) is 22.0 Å². The molecule has 1 aromatic carbocycles. The lowest BCUT2D eigenvalue weighted by Gasteiger charge is -2.09. The largest absolute Gasteiger partial charge is 0.488 e. The van der Waals surface area contributed by atoms with Crippen molar-refractivity contribution < 1.29 is 4.74 Å². The third kappa shape index (κ3) is 1.91. The molecule has 1 aromatic rings. The van der Waals surface area contributed by atoms with Crippen molar-refractivity contribution in [3.63, 3.8) is 0 Å². The van der Waals surface area contributed by atoms with Gasteiger partial charge in [0, 0.05) is 0 Å². The first-order chi connectivity index (χ1) is 6.70. The Morgan fingerprint density at radius 1 is 1.50 bits per heavy atom. The lowest BCUT2D eigenvalue weighted by atomic mass is 10.1. The zero-order valence-electron chi connectivity index (χ0n) is 7.88. The van der Waals surface area contributed by atoms with Crippen molar-refractivity contribution in [2.75, 3.05) is 0 Å². The van der Waals surface area contributed by atoms with Crippen LogP contribution in [0.4, 0.5) is 0 Å². The van der Waals surface area contributed by atoms with Crippen molar-refractivity contribution >= 4 is 15.9 Å². The summed E-state index contributed by atoms with van der Waals surface area (Å²) in [6, 6.07) is 5.98. The maximum atomic E-state index is 8.95. The van der Waals surface area contributed by atoms with Gasteiger partial charge in [-0.15, -0.1) is 0 Å². The maximum Gasteiger partial charge on any atom is 0.151 e. The zero-order chi connectivity index (χ0) is 10.1. The third-order valence-corrected chi connectivity index (χ3v) is 2.71. The SMILES string of the molecule is Cc1cc(Br)c(OC2CC2)c(C#N)c1. The topological polar surface area (TPSA) is 33.0 Å². The molecule has 0 bridgehead atoms. The Hall–Kier alpha value is -1.01. The lowest BCUT2D eigenvalue weighted by Crippen LogP contribution is -1.99. The number of nitriles is 1. The molecule has 72 valence electrons. The van der Waals surface area contributed by atoms with Gasteiger partial charge in [0.25, 0.3) is 0 Å². The van der Waals surface area contributed by atoms with Gasteiger partial charge in [-0.1, -0.05) is 0 Å². The van der Waals surface area contributed by atoms with Gasteiger partial charge in [-0.25, -0.2) is 0 Å². The molecule has 2 rings (SSSR count). The number of nitrogens with zero attached hydrogens (tertiary/aromatic N) is 1. The molecule has 0 aromatic heterocycles. The molecule has 0 heterocycles. The van der Waals surface area contributed by atoms with Crippen LogP contribution in [0.3, 0.4) is 0 Å². The van der Waals surface area contributed by atoms with Crippen molar-refractivity contribution in [1.82, 2.24) is 0 Å². The summed E-state index contributed by atoms with van der Waals surface area (Å²) in [6.07, 6.45) is 2.53. The second-order valence-corrected chi connectivity index (χ2v) is 4.41. The highest BCUT2D eigenvalue weighted by Gasteiger charge is 2.25. The van der Waals surface area contributed by atoms with Crippen molar-refractivity contribution in [3.8, 4) is 11.8 Å². The maximum absolute atomic E-state index is 8.95. The van der Waals surface area contributed by atoms with Crippen LogP contribution in [0.2, 0.25) is 0 Å². The molecule has 1 saturated carbocycles. The third-order valence-electron chi connectivity index (χ3n) is 2.12. The van der Waals surface area contributed by atoms with E-state index in [-0.39, 0.29) is 0 Å². The normalized spacial score (nSPS) is 14.9. The minimum atomic E-state index is 0.320. The Morgan fingerprint density at radius 2 is 2.21 bits per heavy atom. The zero-order valence-corrected chi connectivity index (χ0v) is 9.47. The molecule has 0 aliphatic heterocycles. The monoisotopic (exact) mass is 251 g/mol. The van der Waals surface area contributed by atoms with Crippen LogP contribution < -0.4 is 4.74 Å². The van der Waals surface area contributed by atoms with Gasteiger partial charge in [-0.2, -0.15) is 5.26 Å². The first-order valence-corrected chi connectivity index (χ1v) is 5.37. The van der Waals surface area contributed by atoms with Crippen molar-refractivity contribution in [2.45, 2.75) is 25.9 Å². The number of ether oxygens (including phenoxy) is 1. The van der Waals surface area contributed by atoms with E-state index in [0.717, 1.165) is 22.9 Å². The number of benzene rings is 1. The minimum Gasteiger partial charge on any atom is -0.488 e. The van der Waals surface area contributed by atoms with Crippen LogP contribution in [0.15, 0.2) is 16.6 Å². The van der Waals surface area contributed by atoms with Gasteiger partial charge < -0.3 is 4.74 Å². The smallest absolute Gasteiger partial charge is 0.151 e. The van der Waals surface area contributed by atoms with E-state index in [4.69, 9.17) is 10.00 Å². The van der Waals surface area contributed by atoms with Crippen LogP contribution >= 0.6 is 15.9 Å². The van der Waals surface area contributed by atoms with Crippen LogP contribution in [0.1, 0.15) is 24.0 Å². The number of aryl methyl sites for hydroxylation is 1. The van der Waals surface area contributed by atoms with Gasteiger partial charge >= 0.3 is 0 Å². The van der Waals surface area contributed by atoms with Crippen molar-refractivity contribution in [3.05, 3.63) is 27.7 Å². The average Bonchev–Trinajstić information content (AvgIpc) is 2.93. The quantitative estimate of drug-likeness (QED) is 0.809. The van der Waals surface area contributed by atoms with E-state index in [1.54, 1.807) is 0 Å². The summed E-state index contributed by atoms with van der Waals surface area (Å²) in [5.74, 6) is 0.695. The van der Waals surface area contributed by atoms with E-state index in [9.17, 15) is 0 Å². The Balaban J connectivity index is 2.39. The Labute approximate surface area is 91.6 Å². The molecule has 0 saturated heterocycles. The predicted molar refractivity (Wildman–Crippen MR) is 57.2 cm³/mol. The molecule has 0 radical (unpaired) electrons. The number of halogens is 1. The molecule has 1 aliphatic carbocycles. The first-order valence-electron chi connectivity index (χ1n) is 4.57. The van der Waals surface area contributed by atoms with E-state index >= 15 is 0 Å². The second kappa shape index (κ2) is 3.62. The van der Waals surface area contributed by atoms with Gasteiger partial charge in [0.1, 0.15) is 6.07 Å². The highest BCUT2D eigenvalue weighted by atomic mass is 79.9. The predicted octanol–water partition coefficient (Wildman–Crippen LogP) is 3.17. The Bertz CT molecular complexity index is 404. The minimum absolute atomic E-state index is 0.320. The lowest BCUT2D eigenvalue weighted by molar-refractivity contribution is 0.300. The summed E-state index contributed by atoms with van der Waals surface area (Å²) in [4.78, 5) is 0. The molecule has 0 N–H and O–H groups in total. The van der Waals surface area contributed by atoms with Crippen molar-refractivity contribution in [1.29, 1.82) is 5.26 Å². The fraction of sp³-hybridized carbons (Fsp3) is 0.364. The number of hydrogen-bond acceptors (Lipinski definition) is 2. The van der Waals surface area contributed by atoms with Gasteiger partial charge in [0.15, 0.2) is 5.75 Å². The number of hydrogen-bond donors (Lipinski definition) is 0. The fourth-order valence-corrected chi connectivity index (χ4v) is 1.95. The molecule has 0 unspecified atom stereocenters. The molecule has 0 atom stereocenters. The summed E-state index contributed by atoms with van der Waals surface area (Å²) in [5.41, 5.74) is 1.68. The van der Waals surface area contributed by atoms with Crippen LogP contribution in [0, 0.1) is 18.3 Å². The second-order valence-electron chi connectivity index (χ2n) is 3.55. The summed E-state index contributed by atoms with van der Waals surface area (Å²) < 4.78 is 6.54. The molecule has 14 heavy (non-hydrogen) atoms. The van der Waals surface area contributed by atoms with E-state index < -0.39 is 0 Å². The Kier molecular flexibility index (Phi) is 2.47. The molecule has 0 spiro atoms. The summed E-state index contributed by atoms with van der Waals surface area (Å²) >= 11 is 3.42. The van der Waals surface area contributed by atoms with E-state index in [0.29, 0.717) is 17.4 Å². The van der Waals surface area contributed by atoms with Crippen LogP contribution in [0.5, 0.6) is 5.75 Å². The van der Waals surface area contributed by atoms with Gasteiger partial charge in [0.2, 0.25) is 0 Å². The standard InChI is InChI=1S/C11H10BrNO/c1-7-4-8(6-13)11(10(12)5-7)14-9-2-3-9/h4-5,9H,2-3H2,1H3. The molecule has 3 heteroatoms. The molecule has 0 amide bonds.